The molecule has 5 nitrogen and oxygen atoms in total. The van der Waals surface area contributed by atoms with Crippen LogP contribution >= 0.6 is 11.3 Å². The number of nitrogens with one attached hydrogen (secondary N) is 2. The number of unbranched alkanes of at least 4 members (excludes halogenated alkanes) is 1. The van der Waals surface area contributed by atoms with Gasteiger partial charge in [0.2, 0.25) is 0 Å². The van der Waals surface area contributed by atoms with E-state index >= 15 is 0 Å². The van der Waals surface area contributed by atoms with E-state index in [4.69, 9.17) is 0 Å². The van der Waals surface area contributed by atoms with Crippen molar-refractivity contribution in [1.29, 1.82) is 0 Å². The second-order valence-corrected chi connectivity index (χ2v) is 8.46. The van der Waals surface area contributed by atoms with Gasteiger partial charge in [-0.2, -0.15) is 0 Å². The van der Waals surface area contributed by atoms with Gasteiger partial charge in [0.25, 0.3) is 0 Å². The highest BCUT2D eigenvalue weighted by Gasteiger charge is 2.19. The van der Waals surface area contributed by atoms with Gasteiger partial charge >= 0.3 is 6.03 Å². The lowest BCUT2D eigenvalue weighted by atomic mass is 10.2. The highest BCUT2D eigenvalue weighted by atomic mass is 32.1. The molecule has 2 heterocycles. The number of para-hydroxylation sites is 1. The molecule has 1 aromatic heterocycles. The van der Waals surface area contributed by atoms with E-state index in [-0.39, 0.29) is 11.8 Å². The zero-order chi connectivity index (χ0) is 20.8. The van der Waals surface area contributed by atoms with Crippen LogP contribution in [0.4, 0.5) is 20.6 Å². The summed E-state index contributed by atoms with van der Waals surface area (Å²) in [6.45, 7) is 5.75. The van der Waals surface area contributed by atoms with Crippen molar-refractivity contribution in [2.75, 3.05) is 49.5 Å². The summed E-state index contributed by atoms with van der Waals surface area (Å²) in [4.78, 5) is 16.8. The van der Waals surface area contributed by atoms with Crippen molar-refractivity contribution >= 4 is 38.8 Å². The number of rotatable bonds is 7. The van der Waals surface area contributed by atoms with Gasteiger partial charge in [0, 0.05) is 53.9 Å². The van der Waals surface area contributed by atoms with E-state index in [2.05, 4.69) is 25.8 Å². The second kappa shape index (κ2) is 9.91. The Hall–Kier alpha value is -2.64. The summed E-state index contributed by atoms with van der Waals surface area (Å²) in [5.74, 6) is -0.173. The molecular formula is C23H27FN4OS. The maximum atomic E-state index is 13.4. The first kappa shape index (κ1) is 20.6. The van der Waals surface area contributed by atoms with E-state index in [9.17, 15) is 9.18 Å². The summed E-state index contributed by atoms with van der Waals surface area (Å²) in [5, 5.41) is 9.04. The molecule has 30 heavy (non-hydrogen) atoms. The van der Waals surface area contributed by atoms with E-state index in [1.807, 2.05) is 36.4 Å². The summed E-state index contributed by atoms with van der Waals surface area (Å²) >= 11 is 1.61. The fourth-order valence-electron chi connectivity index (χ4n) is 3.80. The van der Waals surface area contributed by atoms with Crippen LogP contribution in [0.25, 0.3) is 10.1 Å². The predicted octanol–water partition coefficient (Wildman–Crippen LogP) is 4.76. The first-order valence-corrected chi connectivity index (χ1v) is 11.3. The molecule has 1 aliphatic rings. The van der Waals surface area contributed by atoms with E-state index in [1.165, 1.54) is 5.69 Å². The topological polar surface area (TPSA) is 47.6 Å². The highest BCUT2D eigenvalue weighted by Crippen LogP contribution is 2.33. The van der Waals surface area contributed by atoms with Crippen LogP contribution in [0.1, 0.15) is 12.8 Å². The minimum Gasteiger partial charge on any atom is -0.368 e. The third-order valence-corrected chi connectivity index (χ3v) is 6.38. The molecule has 2 aromatic carbocycles. The van der Waals surface area contributed by atoms with Crippen molar-refractivity contribution in [3.63, 3.8) is 0 Å². The maximum Gasteiger partial charge on any atom is 0.319 e. The monoisotopic (exact) mass is 426 g/mol. The molecule has 0 saturated carbocycles. The Morgan fingerprint density at radius 1 is 1.03 bits per heavy atom. The predicted molar refractivity (Wildman–Crippen MR) is 123 cm³/mol. The van der Waals surface area contributed by atoms with Gasteiger partial charge in [-0.05, 0) is 49.7 Å². The third-order valence-electron chi connectivity index (χ3n) is 5.45. The standard InChI is InChI=1S/C23H27FN4OS/c24-18-8-9-20-21(17-30-22(20)16-18)28-14-12-27(13-15-28)11-5-4-10-25-23(29)26-19-6-2-1-3-7-19/h1-3,6-9,16-17H,4-5,10-15H2,(H2,25,26,29). The lowest BCUT2D eigenvalue weighted by molar-refractivity contribution is 0.247. The molecule has 0 radical (unpaired) electrons. The van der Waals surface area contributed by atoms with E-state index < -0.39 is 0 Å². The smallest absolute Gasteiger partial charge is 0.319 e. The zero-order valence-electron chi connectivity index (χ0n) is 16.9. The Balaban J connectivity index is 1.14. The number of nitrogens with zero attached hydrogens (tertiary/aromatic N) is 2. The molecule has 2 N–H and O–H groups in total. The number of carbonyl (C=O) groups excluding carboxylic acids is 1. The van der Waals surface area contributed by atoms with Crippen LogP contribution < -0.4 is 15.5 Å². The quantitative estimate of drug-likeness (QED) is 0.536. The first-order chi connectivity index (χ1) is 14.7. The van der Waals surface area contributed by atoms with Crippen LogP contribution in [0.2, 0.25) is 0 Å². The van der Waals surface area contributed by atoms with Crippen LogP contribution in [0.15, 0.2) is 53.9 Å². The molecule has 4 rings (SSSR count). The number of urea groups is 1. The lowest BCUT2D eigenvalue weighted by Gasteiger charge is -2.35. The highest BCUT2D eigenvalue weighted by molar-refractivity contribution is 7.17. The second-order valence-electron chi connectivity index (χ2n) is 7.54. The minimum absolute atomic E-state index is 0.155. The van der Waals surface area contributed by atoms with E-state index in [1.54, 1.807) is 23.5 Å². The van der Waals surface area contributed by atoms with Crippen molar-refractivity contribution in [3.05, 3.63) is 59.7 Å². The van der Waals surface area contributed by atoms with Crippen LogP contribution in [0.5, 0.6) is 0 Å². The molecule has 158 valence electrons. The number of amides is 2. The van der Waals surface area contributed by atoms with Crippen molar-refractivity contribution in [2.45, 2.75) is 12.8 Å². The van der Waals surface area contributed by atoms with Gasteiger partial charge in [-0.3, -0.25) is 4.90 Å². The van der Waals surface area contributed by atoms with Crippen molar-refractivity contribution in [1.82, 2.24) is 10.2 Å². The van der Waals surface area contributed by atoms with Crippen LogP contribution in [-0.2, 0) is 0 Å². The number of hydrogen-bond acceptors (Lipinski definition) is 4. The lowest BCUT2D eigenvalue weighted by Crippen LogP contribution is -2.46. The number of carbonyl (C=O) groups is 1. The van der Waals surface area contributed by atoms with Gasteiger partial charge in [0.15, 0.2) is 0 Å². The third kappa shape index (κ3) is 5.29. The largest absolute Gasteiger partial charge is 0.368 e. The van der Waals surface area contributed by atoms with Crippen LogP contribution in [-0.4, -0.2) is 50.2 Å². The summed E-state index contributed by atoms with van der Waals surface area (Å²) in [6, 6.07) is 14.4. The Kier molecular flexibility index (Phi) is 6.81. The fraction of sp³-hybridized carbons (Fsp3) is 0.348. The fourth-order valence-corrected chi connectivity index (χ4v) is 4.80. The Bertz CT molecular complexity index is 970. The van der Waals surface area contributed by atoms with Gasteiger partial charge in [-0.25, -0.2) is 9.18 Å². The molecule has 0 aliphatic carbocycles. The molecule has 0 atom stereocenters. The Labute approximate surface area is 180 Å². The summed E-state index contributed by atoms with van der Waals surface area (Å²) in [6.07, 6.45) is 2.02. The number of benzene rings is 2. The number of fused-ring (bicyclic) bond motifs is 1. The van der Waals surface area contributed by atoms with Crippen molar-refractivity contribution in [3.8, 4) is 0 Å². The van der Waals surface area contributed by atoms with Gasteiger partial charge < -0.3 is 15.5 Å². The molecule has 0 bridgehead atoms. The number of anilines is 2. The molecule has 1 saturated heterocycles. The molecule has 0 unspecified atom stereocenters. The molecule has 2 amide bonds. The van der Waals surface area contributed by atoms with Gasteiger partial charge in [-0.15, -0.1) is 11.3 Å². The van der Waals surface area contributed by atoms with Crippen LogP contribution in [0, 0.1) is 5.82 Å². The van der Waals surface area contributed by atoms with E-state index in [0.29, 0.717) is 6.54 Å². The van der Waals surface area contributed by atoms with Gasteiger partial charge in [0.05, 0.1) is 5.69 Å². The molecule has 0 spiro atoms. The van der Waals surface area contributed by atoms with Crippen molar-refractivity contribution < 1.29 is 9.18 Å². The zero-order valence-corrected chi connectivity index (χ0v) is 17.8. The average Bonchev–Trinajstić information content (AvgIpc) is 3.17. The van der Waals surface area contributed by atoms with E-state index in [0.717, 1.165) is 61.3 Å². The number of piperazine rings is 1. The van der Waals surface area contributed by atoms with Gasteiger partial charge in [-0.1, -0.05) is 18.2 Å². The van der Waals surface area contributed by atoms with Crippen molar-refractivity contribution in [2.24, 2.45) is 0 Å². The minimum atomic E-state index is -0.173. The Morgan fingerprint density at radius 3 is 2.63 bits per heavy atom. The molecule has 1 aliphatic heterocycles. The first-order valence-electron chi connectivity index (χ1n) is 10.4. The van der Waals surface area contributed by atoms with Gasteiger partial charge in [0.1, 0.15) is 5.82 Å². The molecular weight excluding hydrogens is 399 g/mol. The number of hydrogen-bond donors (Lipinski definition) is 2. The molecule has 7 heteroatoms. The summed E-state index contributed by atoms with van der Waals surface area (Å²) in [5.41, 5.74) is 2.03. The van der Waals surface area contributed by atoms with Crippen LogP contribution in [0.3, 0.4) is 0 Å². The summed E-state index contributed by atoms with van der Waals surface area (Å²) < 4.78 is 14.4. The SMILES string of the molecule is O=C(NCCCCN1CCN(c2csc3cc(F)ccc23)CC1)Nc1ccccc1. The average molecular weight is 427 g/mol. The molecule has 1 fully saturated rings. The maximum absolute atomic E-state index is 13.4. The normalized spacial score (nSPS) is 14.8. The number of halogens is 1. The Morgan fingerprint density at radius 2 is 1.83 bits per heavy atom. The molecule has 3 aromatic rings. The summed E-state index contributed by atoms with van der Waals surface area (Å²) in [7, 11) is 0. The number of thiophene rings is 1.